The molecule has 0 aliphatic carbocycles. The van der Waals surface area contributed by atoms with Crippen molar-refractivity contribution in [1.82, 2.24) is 19.6 Å². The summed E-state index contributed by atoms with van der Waals surface area (Å²) in [5.41, 5.74) is 2.45. The quantitative estimate of drug-likeness (QED) is 0.829. The molecule has 6 nitrogen and oxygen atoms in total. The third-order valence-corrected chi connectivity index (χ3v) is 4.83. The molecule has 2 aliphatic rings. The fourth-order valence-corrected chi connectivity index (χ4v) is 3.44. The van der Waals surface area contributed by atoms with Gasteiger partial charge in [0.1, 0.15) is 0 Å². The summed E-state index contributed by atoms with van der Waals surface area (Å²) in [6, 6.07) is 8.60. The summed E-state index contributed by atoms with van der Waals surface area (Å²) in [4.78, 5) is 18.3. The molecule has 140 valence electrons. The van der Waals surface area contributed by atoms with E-state index < -0.39 is 0 Å². The third kappa shape index (κ3) is 4.36. The van der Waals surface area contributed by atoms with Crippen molar-refractivity contribution in [3.8, 4) is 0 Å². The zero-order valence-corrected chi connectivity index (χ0v) is 16.4. The monoisotopic (exact) mass is 354 g/mol. The second-order valence-electron chi connectivity index (χ2n) is 7.13. The number of aliphatic imine (C=N–C) groups is 2. The Labute approximate surface area is 157 Å². The maximum atomic E-state index is 4.84. The Kier molecular flexibility index (Phi) is 5.81. The lowest BCUT2D eigenvalue weighted by molar-refractivity contribution is 0.316. The normalized spacial score (nSPS) is 19.5. The van der Waals surface area contributed by atoms with Crippen molar-refractivity contribution in [3.05, 3.63) is 47.7 Å². The summed E-state index contributed by atoms with van der Waals surface area (Å²) < 4.78 is 0. The standard InChI is InChI=1S/C20H30N6/c1-23-10-6-11-24(2)19(23)21-15-17-8-5-9-18(14-17)16-22-20-25(3)12-7-13-26(20)4/h5-6,8-10,14H,7,11-13,15-16H2,1-4H3. The zero-order chi connectivity index (χ0) is 18.5. The molecule has 0 unspecified atom stereocenters. The first kappa shape index (κ1) is 18.3. The smallest absolute Gasteiger partial charge is 0.200 e. The Balaban J connectivity index is 1.68. The number of nitrogens with zero attached hydrogens (tertiary/aromatic N) is 6. The largest absolute Gasteiger partial charge is 0.346 e. The molecule has 1 saturated heterocycles. The van der Waals surface area contributed by atoms with Gasteiger partial charge in [-0.15, -0.1) is 0 Å². The zero-order valence-electron chi connectivity index (χ0n) is 16.4. The summed E-state index contributed by atoms with van der Waals surface area (Å²) >= 11 is 0. The second-order valence-corrected chi connectivity index (χ2v) is 7.13. The second kappa shape index (κ2) is 8.25. The van der Waals surface area contributed by atoms with Gasteiger partial charge in [-0.1, -0.05) is 24.3 Å². The molecule has 0 amide bonds. The SMILES string of the molecule is CN1C=CCN(C)C1=NCc1cccc(CN=C2N(C)CCCN2C)c1. The van der Waals surface area contributed by atoms with Gasteiger partial charge in [0.2, 0.25) is 5.96 Å². The Hall–Kier alpha value is -2.50. The molecule has 2 aliphatic heterocycles. The molecule has 2 heterocycles. The number of guanidine groups is 2. The maximum Gasteiger partial charge on any atom is 0.200 e. The van der Waals surface area contributed by atoms with Crippen molar-refractivity contribution < 1.29 is 0 Å². The van der Waals surface area contributed by atoms with Crippen LogP contribution >= 0.6 is 0 Å². The van der Waals surface area contributed by atoms with Crippen LogP contribution in [0.2, 0.25) is 0 Å². The van der Waals surface area contributed by atoms with Crippen LogP contribution in [-0.4, -0.2) is 79.3 Å². The first-order chi connectivity index (χ1) is 12.5. The van der Waals surface area contributed by atoms with Gasteiger partial charge in [0.05, 0.1) is 13.1 Å². The molecule has 6 heteroatoms. The first-order valence-electron chi connectivity index (χ1n) is 9.24. The average molecular weight is 355 g/mol. The van der Waals surface area contributed by atoms with Gasteiger partial charge < -0.3 is 19.6 Å². The molecule has 26 heavy (non-hydrogen) atoms. The van der Waals surface area contributed by atoms with E-state index in [1.807, 2.05) is 7.05 Å². The van der Waals surface area contributed by atoms with E-state index in [1.54, 1.807) is 0 Å². The lowest BCUT2D eigenvalue weighted by Crippen LogP contribution is -2.46. The molecule has 0 atom stereocenters. The fourth-order valence-electron chi connectivity index (χ4n) is 3.44. The maximum absolute atomic E-state index is 4.84. The van der Waals surface area contributed by atoms with Crippen LogP contribution in [0.25, 0.3) is 0 Å². The van der Waals surface area contributed by atoms with E-state index in [0.717, 1.165) is 31.6 Å². The highest BCUT2D eigenvalue weighted by Gasteiger charge is 2.17. The minimum atomic E-state index is 0.683. The molecule has 0 N–H and O–H groups in total. The molecule has 1 aromatic rings. The summed E-state index contributed by atoms with van der Waals surface area (Å²) in [7, 11) is 8.34. The summed E-state index contributed by atoms with van der Waals surface area (Å²) in [6.45, 7) is 4.45. The van der Waals surface area contributed by atoms with E-state index >= 15 is 0 Å². The van der Waals surface area contributed by atoms with Crippen molar-refractivity contribution in [3.63, 3.8) is 0 Å². The van der Waals surface area contributed by atoms with Crippen molar-refractivity contribution in [2.24, 2.45) is 9.98 Å². The Morgan fingerprint density at radius 1 is 0.846 bits per heavy atom. The summed E-state index contributed by atoms with van der Waals surface area (Å²) in [6.07, 6.45) is 5.40. The lowest BCUT2D eigenvalue weighted by atomic mass is 10.1. The first-order valence-corrected chi connectivity index (χ1v) is 9.24. The number of hydrogen-bond donors (Lipinski definition) is 0. The van der Waals surface area contributed by atoms with Gasteiger partial charge in [-0.2, -0.15) is 0 Å². The van der Waals surface area contributed by atoms with Crippen LogP contribution in [0.3, 0.4) is 0 Å². The van der Waals surface area contributed by atoms with E-state index in [1.165, 1.54) is 17.5 Å². The van der Waals surface area contributed by atoms with E-state index in [-0.39, 0.29) is 0 Å². The molecular formula is C20H30N6. The number of hydrogen-bond acceptors (Lipinski definition) is 2. The molecule has 1 aromatic carbocycles. The molecule has 0 radical (unpaired) electrons. The highest BCUT2D eigenvalue weighted by Crippen LogP contribution is 2.12. The van der Waals surface area contributed by atoms with Crippen LogP contribution in [0.5, 0.6) is 0 Å². The minimum Gasteiger partial charge on any atom is -0.346 e. The van der Waals surface area contributed by atoms with E-state index in [0.29, 0.717) is 13.1 Å². The minimum absolute atomic E-state index is 0.683. The van der Waals surface area contributed by atoms with Gasteiger partial charge in [-0.05, 0) is 23.6 Å². The van der Waals surface area contributed by atoms with Crippen molar-refractivity contribution in [2.45, 2.75) is 19.5 Å². The Bertz CT molecular complexity index is 696. The van der Waals surface area contributed by atoms with Gasteiger partial charge in [-0.3, -0.25) is 0 Å². The van der Waals surface area contributed by atoms with Gasteiger partial charge in [0, 0.05) is 54.0 Å². The predicted octanol–water partition coefficient (Wildman–Crippen LogP) is 2.06. The van der Waals surface area contributed by atoms with Crippen LogP contribution in [0.15, 0.2) is 46.5 Å². The molecule has 0 bridgehead atoms. The van der Waals surface area contributed by atoms with Gasteiger partial charge in [-0.25, -0.2) is 9.98 Å². The summed E-state index contributed by atoms with van der Waals surface area (Å²) in [5, 5.41) is 0. The topological polar surface area (TPSA) is 37.7 Å². The van der Waals surface area contributed by atoms with Crippen LogP contribution in [0, 0.1) is 0 Å². The molecular weight excluding hydrogens is 324 g/mol. The molecule has 0 spiro atoms. The predicted molar refractivity (Wildman–Crippen MR) is 108 cm³/mol. The van der Waals surface area contributed by atoms with Crippen LogP contribution in [0.1, 0.15) is 17.5 Å². The highest BCUT2D eigenvalue weighted by atomic mass is 15.4. The van der Waals surface area contributed by atoms with E-state index in [2.05, 4.69) is 77.3 Å². The Morgan fingerprint density at radius 2 is 1.46 bits per heavy atom. The average Bonchev–Trinajstić information content (AvgIpc) is 2.61. The van der Waals surface area contributed by atoms with Gasteiger partial charge in [0.25, 0.3) is 0 Å². The van der Waals surface area contributed by atoms with Crippen molar-refractivity contribution >= 4 is 11.9 Å². The molecule has 3 rings (SSSR count). The highest BCUT2D eigenvalue weighted by molar-refractivity contribution is 5.81. The van der Waals surface area contributed by atoms with E-state index in [4.69, 9.17) is 9.98 Å². The Morgan fingerprint density at radius 3 is 2.08 bits per heavy atom. The van der Waals surface area contributed by atoms with E-state index in [9.17, 15) is 0 Å². The number of benzene rings is 1. The fraction of sp³-hybridized carbons (Fsp3) is 0.500. The van der Waals surface area contributed by atoms with Gasteiger partial charge >= 0.3 is 0 Å². The van der Waals surface area contributed by atoms with Crippen molar-refractivity contribution in [2.75, 3.05) is 47.8 Å². The third-order valence-electron chi connectivity index (χ3n) is 4.83. The van der Waals surface area contributed by atoms with Crippen molar-refractivity contribution in [1.29, 1.82) is 0 Å². The number of likely N-dealkylation sites (N-methyl/N-ethyl adjacent to an activating group) is 1. The molecule has 1 fully saturated rings. The van der Waals surface area contributed by atoms with Gasteiger partial charge in [0.15, 0.2) is 5.96 Å². The van der Waals surface area contributed by atoms with Crippen LogP contribution < -0.4 is 0 Å². The van der Waals surface area contributed by atoms with Crippen LogP contribution in [0.4, 0.5) is 0 Å². The molecule has 0 saturated carbocycles. The summed E-state index contributed by atoms with van der Waals surface area (Å²) in [5.74, 6) is 2.09. The molecule has 0 aromatic heterocycles. The lowest BCUT2D eigenvalue weighted by Gasteiger charge is -2.34. The number of rotatable bonds is 4. The van der Waals surface area contributed by atoms with Crippen LogP contribution in [-0.2, 0) is 13.1 Å².